The van der Waals surface area contributed by atoms with Crippen molar-refractivity contribution in [1.82, 2.24) is 0 Å². The first-order valence-electron chi connectivity index (χ1n) is 3.96. The fourth-order valence-corrected chi connectivity index (χ4v) is 1.40. The van der Waals surface area contributed by atoms with Gasteiger partial charge in [-0.05, 0) is 17.7 Å². The van der Waals surface area contributed by atoms with Crippen LogP contribution < -0.4 is 5.90 Å². The molecule has 0 unspecified atom stereocenters. The second kappa shape index (κ2) is 5.26. The summed E-state index contributed by atoms with van der Waals surface area (Å²) in [7, 11) is 1.48. The van der Waals surface area contributed by atoms with E-state index in [0.29, 0.717) is 16.1 Å². The molecule has 0 radical (unpaired) electrons. The highest BCUT2D eigenvalue weighted by Gasteiger charge is 2.09. The van der Waals surface area contributed by atoms with E-state index >= 15 is 0 Å². The molecule has 0 aliphatic rings. The van der Waals surface area contributed by atoms with Crippen LogP contribution in [0.4, 0.5) is 4.39 Å². The van der Waals surface area contributed by atoms with E-state index < -0.39 is 5.82 Å². The van der Waals surface area contributed by atoms with E-state index in [0.717, 1.165) is 0 Å². The molecule has 1 aromatic carbocycles. The van der Waals surface area contributed by atoms with Crippen molar-refractivity contribution in [1.29, 1.82) is 0 Å². The number of hydrogen-bond acceptors (Lipinski definition) is 3. The smallest absolute Gasteiger partial charge is 0.130 e. The zero-order valence-corrected chi connectivity index (χ0v) is 8.47. The van der Waals surface area contributed by atoms with Gasteiger partial charge >= 0.3 is 0 Å². The van der Waals surface area contributed by atoms with Crippen molar-refractivity contribution >= 4 is 11.6 Å². The molecule has 0 saturated heterocycles. The molecule has 14 heavy (non-hydrogen) atoms. The van der Waals surface area contributed by atoms with Crippen molar-refractivity contribution in [2.24, 2.45) is 5.90 Å². The van der Waals surface area contributed by atoms with Gasteiger partial charge in [0.1, 0.15) is 5.82 Å². The maximum Gasteiger partial charge on any atom is 0.130 e. The first-order valence-corrected chi connectivity index (χ1v) is 4.34. The molecule has 1 aromatic rings. The van der Waals surface area contributed by atoms with Gasteiger partial charge in [0.25, 0.3) is 0 Å². The second-order valence-electron chi connectivity index (χ2n) is 2.78. The molecule has 0 aliphatic heterocycles. The summed E-state index contributed by atoms with van der Waals surface area (Å²) in [5.41, 5.74) is 0.935. The molecule has 0 saturated carbocycles. The largest absolute Gasteiger partial charge is 0.380 e. The van der Waals surface area contributed by atoms with Crippen LogP contribution in [0.2, 0.25) is 5.02 Å². The molecule has 0 atom stereocenters. The van der Waals surface area contributed by atoms with Crippen LogP contribution in [0.1, 0.15) is 11.1 Å². The van der Waals surface area contributed by atoms with Gasteiger partial charge in [0, 0.05) is 17.7 Å². The number of hydrogen-bond donors (Lipinski definition) is 1. The van der Waals surface area contributed by atoms with Crippen LogP contribution in [0.25, 0.3) is 0 Å². The molecular formula is C9H11ClFNO2. The topological polar surface area (TPSA) is 44.5 Å². The predicted octanol–water partition coefficient (Wildman–Crippen LogP) is 2.02. The van der Waals surface area contributed by atoms with Crippen LogP contribution in [0.3, 0.4) is 0 Å². The van der Waals surface area contributed by atoms with Gasteiger partial charge in [0.2, 0.25) is 0 Å². The lowest BCUT2D eigenvalue weighted by atomic mass is 10.1. The molecule has 0 amide bonds. The standard InChI is InChI=1S/C9H11ClFNO2/c1-13-5-7-8(10)2-6(4-14-12)3-9(7)11/h2-3H,4-5,12H2,1H3. The molecule has 0 aromatic heterocycles. The van der Waals surface area contributed by atoms with Gasteiger partial charge in [0.05, 0.1) is 13.2 Å². The minimum atomic E-state index is -0.411. The Morgan fingerprint density at radius 3 is 2.64 bits per heavy atom. The Bertz CT molecular complexity index is 297. The van der Waals surface area contributed by atoms with Crippen LogP contribution in [0.5, 0.6) is 0 Å². The Morgan fingerprint density at radius 1 is 1.43 bits per heavy atom. The molecule has 2 N–H and O–H groups in total. The molecular weight excluding hydrogens is 209 g/mol. The van der Waals surface area contributed by atoms with Crippen LogP contribution >= 0.6 is 11.6 Å². The SMILES string of the molecule is COCc1c(F)cc(CON)cc1Cl. The minimum absolute atomic E-state index is 0.129. The van der Waals surface area contributed by atoms with E-state index in [9.17, 15) is 4.39 Å². The summed E-state index contributed by atoms with van der Waals surface area (Å²) in [5, 5.41) is 0.318. The average Bonchev–Trinajstić information content (AvgIpc) is 2.12. The van der Waals surface area contributed by atoms with E-state index in [1.807, 2.05) is 0 Å². The third kappa shape index (κ3) is 2.65. The number of ether oxygens (including phenoxy) is 1. The summed E-state index contributed by atoms with van der Waals surface area (Å²) >= 11 is 5.83. The molecule has 0 spiro atoms. The van der Waals surface area contributed by atoms with Crippen LogP contribution in [0, 0.1) is 5.82 Å². The Labute approximate surface area is 86.5 Å². The lowest BCUT2D eigenvalue weighted by Gasteiger charge is -2.07. The fraction of sp³-hybridized carbons (Fsp3) is 0.333. The van der Waals surface area contributed by atoms with Crippen LogP contribution in [0.15, 0.2) is 12.1 Å². The zero-order valence-electron chi connectivity index (χ0n) is 7.72. The molecule has 0 fully saturated rings. The Balaban J connectivity index is 2.98. The Hall–Kier alpha value is -0.680. The lowest BCUT2D eigenvalue weighted by Crippen LogP contribution is -2.01. The van der Waals surface area contributed by atoms with E-state index in [1.54, 1.807) is 6.07 Å². The van der Waals surface area contributed by atoms with Gasteiger partial charge < -0.3 is 4.74 Å². The van der Waals surface area contributed by atoms with E-state index in [1.165, 1.54) is 13.2 Å². The van der Waals surface area contributed by atoms with Crippen LogP contribution in [-0.2, 0) is 22.8 Å². The van der Waals surface area contributed by atoms with Gasteiger partial charge in [-0.25, -0.2) is 10.3 Å². The summed E-state index contributed by atoms with van der Waals surface area (Å²) in [6, 6.07) is 2.93. The summed E-state index contributed by atoms with van der Waals surface area (Å²) in [6.07, 6.45) is 0. The first kappa shape index (κ1) is 11.4. The third-order valence-electron chi connectivity index (χ3n) is 1.74. The predicted molar refractivity (Wildman–Crippen MR) is 51.1 cm³/mol. The van der Waals surface area contributed by atoms with Crippen molar-refractivity contribution in [3.05, 3.63) is 34.1 Å². The normalized spacial score (nSPS) is 10.6. The summed E-state index contributed by atoms with van der Waals surface area (Å²) in [4.78, 5) is 4.38. The van der Waals surface area contributed by atoms with Crippen molar-refractivity contribution in [2.45, 2.75) is 13.2 Å². The van der Waals surface area contributed by atoms with Gasteiger partial charge in [0.15, 0.2) is 0 Å². The molecule has 1 rings (SSSR count). The van der Waals surface area contributed by atoms with Gasteiger partial charge in [-0.2, -0.15) is 0 Å². The molecule has 78 valence electrons. The van der Waals surface area contributed by atoms with Gasteiger partial charge in [-0.1, -0.05) is 11.6 Å². The molecule has 0 aliphatic carbocycles. The molecule has 3 nitrogen and oxygen atoms in total. The maximum absolute atomic E-state index is 13.4. The number of rotatable bonds is 4. The highest BCUT2D eigenvalue weighted by atomic mass is 35.5. The lowest BCUT2D eigenvalue weighted by molar-refractivity contribution is 0.123. The van der Waals surface area contributed by atoms with Crippen molar-refractivity contribution in [3.8, 4) is 0 Å². The quantitative estimate of drug-likeness (QED) is 0.788. The average molecular weight is 220 g/mol. The maximum atomic E-state index is 13.4. The third-order valence-corrected chi connectivity index (χ3v) is 2.08. The van der Waals surface area contributed by atoms with E-state index in [4.69, 9.17) is 22.2 Å². The van der Waals surface area contributed by atoms with Gasteiger partial charge in [-0.15, -0.1) is 0 Å². The molecule has 0 bridgehead atoms. The monoisotopic (exact) mass is 219 g/mol. The Kier molecular flexibility index (Phi) is 4.28. The number of nitrogens with two attached hydrogens (primary N) is 1. The summed E-state index contributed by atoms with van der Waals surface area (Å²) in [5.74, 6) is 4.46. The summed E-state index contributed by atoms with van der Waals surface area (Å²) in [6.45, 7) is 0.276. The summed E-state index contributed by atoms with van der Waals surface area (Å²) < 4.78 is 18.2. The highest BCUT2D eigenvalue weighted by Crippen LogP contribution is 2.22. The molecule has 5 heteroatoms. The van der Waals surface area contributed by atoms with Crippen molar-refractivity contribution in [2.75, 3.05) is 7.11 Å². The van der Waals surface area contributed by atoms with Crippen LogP contribution in [-0.4, -0.2) is 7.11 Å². The molecule has 0 heterocycles. The Morgan fingerprint density at radius 2 is 2.14 bits per heavy atom. The number of methoxy groups -OCH3 is 1. The van der Waals surface area contributed by atoms with E-state index in [-0.39, 0.29) is 13.2 Å². The number of benzene rings is 1. The van der Waals surface area contributed by atoms with E-state index in [2.05, 4.69) is 4.84 Å². The zero-order chi connectivity index (χ0) is 10.6. The fourth-order valence-electron chi connectivity index (χ4n) is 1.12. The van der Waals surface area contributed by atoms with Crippen molar-refractivity contribution < 1.29 is 14.0 Å². The second-order valence-corrected chi connectivity index (χ2v) is 3.19. The van der Waals surface area contributed by atoms with Gasteiger partial charge in [-0.3, -0.25) is 4.84 Å². The van der Waals surface area contributed by atoms with Crippen molar-refractivity contribution in [3.63, 3.8) is 0 Å². The number of halogens is 2. The first-order chi connectivity index (χ1) is 6.69. The highest BCUT2D eigenvalue weighted by molar-refractivity contribution is 6.31. The minimum Gasteiger partial charge on any atom is -0.380 e.